The van der Waals surface area contributed by atoms with Gasteiger partial charge in [-0.3, -0.25) is 4.79 Å². The van der Waals surface area contributed by atoms with Gasteiger partial charge in [-0.15, -0.1) is 12.4 Å². The SMILES string of the molecule is CCn1cc(C(=O)O)c(=O)c2cc(F)c(N3CCC4(CCCN4)C3)c(F)c21.Cl. The van der Waals surface area contributed by atoms with Crippen LogP contribution >= 0.6 is 12.4 Å². The lowest BCUT2D eigenvalue weighted by Gasteiger charge is -2.26. The number of aryl methyl sites for hydroxylation is 1. The zero-order valence-electron chi connectivity index (χ0n) is 15.4. The summed E-state index contributed by atoms with van der Waals surface area (Å²) in [5.41, 5.74) is -1.67. The highest BCUT2D eigenvalue weighted by molar-refractivity contribution is 5.93. The standard InChI is InChI=1S/C19H21F2N3O3.ClH/c1-2-23-9-12(18(26)27)17(25)11-8-13(20)16(14(21)15(11)23)24-7-5-19(10-24)4-3-6-22-19;/h8-9,22H,2-7,10H2,1H3,(H,26,27);1H. The van der Waals surface area contributed by atoms with Gasteiger partial charge < -0.3 is 19.9 Å². The number of nitrogens with one attached hydrogen (secondary N) is 1. The second-order valence-electron chi connectivity index (χ2n) is 7.36. The number of pyridine rings is 1. The molecule has 0 saturated carbocycles. The molecule has 1 aromatic carbocycles. The van der Waals surface area contributed by atoms with E-state index < -0.39 is 28.6 Å². The predicted octanol–water partition coefficient (Wildman–Crippen LogP) is 2.75. The van der Waals surface area contributed by atoms with Crippen LogP contribution in [0.15, 0.2) is 17.1 Å². The number of benzene rings is 1. The maximum Gasteiger partial charge on any atom is 0.341 e. The van der Waals surface area contributed by atoms with Crippen molar-refractivity contribution in [2.45, 2.75) is 38.3 Å². The van der Waals surface area contributed by atoms with E-state index >= 15 is 4.39 Å². The largest absolute Gasteiger partial charge is 0.477 e. The van der Waals surface area contributed by atoms with Crippen LogP contribution in [0.3, 0.4) is 0 Å². The van der Waals surface area contributed by atoms with Crippen molar-refractivity contribution in [2.24, 2.45) is 0 Å². The van der Waals surface area contributed by atoms with E-state index in [1.165, 1.54) is 4.57 Å². The molecule has 1 unspecified atom stereocenters. The van der Waals surface area contributed by atoms with Crippen molar-refractivity contribution in [3.63, 3.8) is 0 Å². The van der Waals surface area contributed by atoms with E-state index in [-0.39, 0.29) is 41.1 Å². The Hall–Kier alpha value is -2.19. The summed E-state index contributed by atoms with van der Waals surface area (Å²) in [6.07, 6.45) is 3.95. The zero-order valence-corrected chi connectivity index (χ0v) is 16.2. The summed E-state index contributed by atoms with van der Waals surface area (Å²) in [6.45, 7) is 3.91. The Morgan fingerprint density at radius 1 is 1.36 bits per heavy atom. The molecular weight excluding hydrogens is 392 g/mol. The molecule has 1 aromatic heterocycles. The minimum Gasteiger partial charge on any atom is -0.477 e. The average Bonchev–Trinajstić information content (AvgIpc) is 3.26. The van der Waals surface area contributed by atoms with E-state index in [0.717, 1.165) is 38.1 Å². The molecule has 2 fully saturated rings. The summed E-state index contributed by atoms with van der Waals surface area (Å²) < 4.78 is 31.6. The Balaban J connectivity index is 0.00000225. The number of fused-ring (bicyclic) bond motifs is 1. The number of nitrogens with zero attached hydrogens (tertiary/aromatic N) is 2. The molecule has 0 radical (unpaired) electrons. The quantitative estimate of drug-likeness (QED) is 0.809. The first-order chi connectivity index (χ1) is 12.9. The molecule has 28 heavy (non-hydrogen) atoms. The Bertz CT molecular complexity index is 1000. The molecule has 152 valence electrons. The number of hydrogen-bond donors (Lipinski definition) is 2. The number of rotatable bonds is 3. The minimum absolute atomic E-state index is 0. The van der Waals surface area contributed by atoms with E-state index in [1.807, 2.05) is 0 Å². The van der Waals surface area contributed by atoms with Crippen molar-refractivity contribution in [3.8, 4) is 0 Å². The molecule has 0 bridgehead atoms. The second kappa shape index (κ2) is 7.33. The van der Waals surface area contributed by atoms with Crippen LogP contribution in [0.2, 0.25) is 0 Å². The normalized spacial score (nSPS) is 21.5. The van der Waals surface area contributed by atoms with Crippen molar-refractivity contribution in [3.05, 3.63) is 39.7 Å². The molecule has 2 saturated heterocycles. The predicted molar refractivity (Wildman–Crippen MR) is 105 cm³/mol. The van der Waals surface area contributed by atoms with E-state index in [0.29, 0.717) is 13.1 Å². The molecule has 2 aromatic rings. The molecule has 2 aliphatic heterocycles. The van der Waals surface area contributed by atoms with Gasteiger partial charge in [0.2, 0.25) is 5.43 Å². The maximum atomic E-state index is 15.4. The Morgan fingerprint density at radius 2 is 2.11 bits per heavy atom. The summed E-state index contributed by atoms with van der Waals surface area (Å²) in [5.74, 6) is -3.06. The minimum atomic E-state index is -1.41. The number of carboxylic acids is 1. The fourth-order valence-corrected chi connectivity index (χ4v) is 4.45. The van der Waals surface area contributed by atoms with Crippen LogP contribution < -0.4 is 15.6 Å². The van der Waals surface area contributed by atoms with E-state index in [2.05, 4.69) is 5.32 Å². The summed E-state index contributed by atoms with van der Waals surface area (Å²) in [5, 5.41) is 12.4. The Labute approximate surface area is 166 Å². The molecule has 4 rings (SSSR count). The zero-order chi connectivity index (χ0) is 19.3. The Morgan fingerprint density at radius 3 is 2.71 bits per heavy atom. The third-order valence-corrected chi connectivity index (χ3v) is 5.80. The average molecular weight is 414 g/mol. The summed E-state index contributed by atoms with van der Waals surface area (Å²) in [7, 11) is 0. The van der Waals surface area contributed by atoms with Gasteiger partial charge in [0.05, 0.1) is 10.9 Å². The van der Waals surface area contributed by atoms with Crippen LogP contribution in [0, 0.1) is 11.6 Å². The monoisotopic (exact) mass is 413 g/mol. The van der Waals surface area contributed by atoms with Crippen LogP contribution in [0.5, 0.6) is 0 Å². The first kappa shape index (κ1) is 20.5. The van der Waals surface area contributed by atoms with E-state index in [4.69, 9.17) is 0 Å². The highest BCUT2D eigenvalue weighted by atomic mass is 35.5. The van der Waals surface area contributed by atoms with Crippen LogP contribution in [0.1, 0.15) is 36.5 Å². The van der Waals surface area contributed by atoms with Gasteiger partial charge in [-0.05, 0) is 38.8 Å². The van der Waals surface area contributed by atoms with Crippen LogP contribution in [0.25, 0.3) is 10.9 Å². The third-order valence-electron chi connectivity index (χ3n) is 5.80. The van der Waals surface area contributed by atoms with Crippen LogP contribution in [-0.2, 0) is 6.54 Å². The summed E-state index contributed by atoms with van der Waals surface area (Å²) in [6, 6.07) is 0.974. The highest BCUT2D eigenvalue weighted by Gasteiger charge is 2.41. The summed E-state index contributed by atoms with van der Waals surface area (Å²) >= 11 is 0. The summed E-state index contributed by atoms with van der Waals surface area (Å²) in [4.78, 5) is 25.4. The van der Waals surface area contributed by atoms with Gasteiger partial charge in [-0.1, -0.05) is 0 Å². The molecule has 0 aliphatic carbocycles. The van der Waals surface area contributed by atoms with Crippen molar-refractivity contribution in [1.29, 1.82) is 0 Å². The number of hydrogen-bond acceptors (Lipinski definition) is 4. The van der Waals surface area contributed by atoms with Gasteiger partial charge >= 0.3 is 5.97 Å². The van der Waals surface area contributed by atoms with Crippen molar-refractivity contribution in [1.82, 2.24) is 9.88 Å². The molecule has 9 heteroatoms. The molecule has 6 nitrogen and oxygen atoms in total. The highest BCUT2D eigenvalue weighted by Crippen LogP contribution is 2.37. The molecule has 2 aliphatic rings. The Kier molecular flexibility index (Phi) is 5.38. The number of aromatic carboxylic acids is 1. The number of halogens is 3. The van der Waals surface area contributed by atoms with Gasteiger partial charge in [-0.25, -0.2) is 13.6 Å². The topological polar surface area (TPSA) is 74.6 Å². The number of aromatic nitrogens is 1. The molecule has 1 spiro atoms. The molecule has 0 amide bonds. The maximum absolute atomic E-state index is 15.4. The molecular formula is C19H22ClF2N3O3. The third kappa shape index (κ3) is 3.04. The lowest BCUT2D eigenvalue weighted by atomic mass is 9.97. The molecule has 3 heterocycles. The van der Waals surface area contributed by atoms with Gasteiger partial charge in [-0.2, -0.15) is 0 Å². The molecule has 2 N–H and O–H groups in total. The number of anilines is 1. The van der Waals surface area contributed by atoms with Gasteiger partial charge in [0.25, 0.3) is 0 Å². The second-order valence-corrected chi connectivity index (χ2v) is 7.36. The van der Waals surface area contributed by atoms with Crippen molar-refractivity contribution < 1.29 is 18.7 Å². The van der Waals surface area contributed by atoms with Crippen molar-refractivity contribution >= 4 is 35.0 Å². The lowest BCUT2D eigenvalue weighted by molar-refractivity contribution is 0.0695. The van der Waals surface area contributed by atoms with Crippen molar-refractivity contribution in [2.75, 3.05) is 24.5 Å². The van der Waals surface area contributed by atoms with E-state index in [1.54, 1.807) is 11.8 Å². The number of carboxylic acid groups (broad SMARTS) is 1. The first-order valence-electron chi connectivity index (χ1n) is 9.15. The van der Waals surface area contributed by atoms with Crippen LogP contribution in [-0.4, -0.2) is 40.8 Å². The van der Waals surface area contributed by atoms with Gasteiger partial charge in [0.1, 0.15) is 17.1 Å². The molecule has 1 atom stereocenters. The first-order valence-corrected chi connectivity index (χ1v) is 9.15. The van der Waals surface area contributed by atoms with Gasteiger partial charge in [0.15, 0.2) is 5.82 Å². The van der Waals surface area contributed by atoms with E-state index in [9.17, 15) is 19.1 Å². The number of carbonyl (C=O) groups is 1. The fourth-order valence-electron chi connectivity index (χ4n) is 4.45. The fraction of sp³-hybridized carbons (Fsp3) is 0.474. The van der Waals surface area contributed by atoms with Gasteiger partial charge in [0, 0.05) is 31.4 Å². The smallest absolute Gasteiger partial charge is 0.341 e. The lowest BCUT2D eigenvalue weighted by Crippen LogP contribution is -2.42. The van der Waals surface area contributed by atoms with Crippen LogP contribution in [0.4, 0.5) is 14.5 Å².